The molecule has 0 aliphatic rings. The summed E-state index contributed by atoms with van der Waals surface area (Å²) < 4.78 is 17.2. The zero-order valence-electron chi connectivity index (χ0n) is 8.26. The van der Waals surface area contributed by atoms with Crippen molar-refractivity contribution in [2.45, 2.75) is 0 Å². The number of hydrogen-bond acceptors (Lipinski definition) is 3. The predicted molar refractivity (Wildman–Crippen MR) is 55.4 cm³/mol. The Morgan fingerprint density at radius 1 is 1.50 bits per heavy atom. The third kappa shape index (κ3) is 4.30. The molecule has 7 heteroatoms. The topological polar surface area (TPSA) is 87.1 Å². The molecule has 16 heavy (non-hydrogen) atoms. The van der Waals surface area contributed by atoms with Gasteiger partial charge in [0.1, 0.15) is 5.82 Å². The number of nitrogens with zero attached hydrogens (tertiary/aromatic N) is 3. The number of amides is 1. The maximum atomic E-state index is 12.5. The maximum absolute atomic E-state index is 12.5. The summed E-state index contributed by atoms with van der Waals surface area (Å²) in [6.07, 6.45) is -0.681. The van der Waals surface area contributed by atoms with Crippen LogP contribution in [0.1, 0.15) is 0 Å². The van der Waals surface area contributed by atoms with Crippen LogP contribution in [0.4, 0.5) is 14.9 Å². The largest absolute Gasteiger partial charge is 0.449 e. The summed E-state index contributed by atoms with van der Waals surface area (Å²) >= 11 is 0. The molecule has 0 aromatic heterocycles. The fourth-order valence-corrected chi connectivity index (χ4v) is 0.911. The van der Waals surface area contributed by atoms with Gasteiger partial charge in [-0.25, -0.2) is 9.18 Å². The van der Waals surface area contributed by atoms with Crippen LogP contribution in [0.5, 0.6) is 0 Å². The Labute approximate surface area is 90.7 Å². The third-order valence-electron chi connectivity index (χ3n) is 1.58. The number of rotatable bonds is 4. The van der Waals surface area contributed by atoms with E-state index in [1.54, 1.807) is 0 Å². The minimum Gasteiger partial charge on any atom is -0.449 e. The molecule has 0 saturated carbocycles. The van der Waals surface area contributed by atoms with Crippen molar-refractivity contribution in [1.82, 2.24) is 0 Å². The summed E-state index contributed by atoms with van der Waals surface area (Å²) in [4.78, 5) is 13.6. The van der Waals surface area contributed by atoms with Gasteiger partial charge in [0.05, 0.1) is 13.2 Å². The van der Waals surface area contributed by atoms with Crippen LogP contribution in [0.3, 0.4) is 0 Å². The Morgan fingerprint density at radius 3 is 2.81 bits per heavy atom. The summed E-state index contributed by atoms with van der Waals surface area (Å²) in [7, 11) is 0. The number of halogens is 1. The molecular formula is C9H9FN4O2. The minimum atomic E-state index is -0.681. The molecule has 0 radical (unpaired) electrons. The van der Waals surface area contributed by atoms with E-state index < -0.39 is 6.09 Å². The fourth-order valence-electron chi connectivity index (χ4n) is 0.911. The monoisotopic (exact) mass is 224 g/mol. The lowest BCUT2D eigenvalue weighted by atomic mass is 10.3. The molecule has 1 amide bonds. The molecule has 0 spiro atoms. The van der Waals surface area contributed by atoms with Crippen LogP contribution < -0.4 is 5.32 Å². The highest BCUT2D eigenvalue weighted by molar-refractivity contribution is 5.84. The van der Waals surface area contributed by atoms with Gasteiger partial charge in [-0.05, 0) is 29.8 Å². The van der Waals surface area contributed by atoms with E-state index in [-0.39, 0.29) is 19.0 Å². The average molecular weight is 224 g/mol. The molecule has 0 heterocycles. The molecule has 1 rings (SSSR count). The van der Waals surface area contributed by atoms with Gasteiger partial charge in [0.25, 0.3) is 0 Å². The molecule has 0 aliphatic heterocycles. The number of hydrogen-bond donors (Lipinski definition) is 1. The highest BCUT2D eigenvalue weighted by atomic mass is 19.1. The van der Waals surface area contributed by atoms with Crippen LogP contribution in [0.15, 0.2) is 29.4 Å². The van der Waals surface area contributed by atoms with Crippen molar-refractivity contribution < 1.29 is 13.9 Å². The highest BCUT2D eigenvalue weighted by Crippen LogP contribution is 2.08. The molecule has 0 unspecified atom stereocenters. The first-order chi connectivity index (χ1) is 7.72. The molecule has 0 fully saturated rings. The van der Waals surface area contributed by atoms with E-state index in [2.05, 4.69) is 20.1 Å². The van der Waals surface area contributed by atoms with Crippen molar-refractivity contribution in [2.75, 3.05) is 18.5 Å². The van der Waals surface area contributed by atoms with Gasteiger partial charge in [0.15, 0.2) is 0 Å². The van der Waals surface area contributed by atoms with E-state index in [9.17, 15) is 9.18 Å². The molecule has 84 valence electrons. The Balaban J connectivity index is 2.34. The lowest BCUT2D eigenvalue weighted by Crippen LogP contribution is -2.15. The number of carbonyl (C=O) groups is 1. The van der Waals surface area contributed by atoms with Gasteiger partial charge in [0.2, 0.25) is 0 Å². The molecule has 6 nitrogen and oxygen atoms in total. The average Bonchev–Trinajstić information content (AvgIpc) is 2.28. The number of carbonyl (C=O) groups excluding carboxylic acids is 1. The zero-order chi connectivity index (χ0) is 11.8. The van der Waals surface area contributed by atoms with Crippen molar-refractivity contribution in [1.29, 1.82) is 0 Å². The first-order valence-electron chi connectivity index (χ1n) is 4.42. The minimum absolute atomic E-state index is 0.00289. The second-order valence-electron chi connectivity index (χ2n) is 2.72. The van der Waals surface area contributed by atoms with E-state index >= 15 is 0 Å². The number of benzene rings is 1. The summed E-state index contributed by atoms with van der Waals surface area (Å²) in [5.74, 6) is -0.387. The van der Waals surface area contributed by atoms with Gasteiger partial charge in [-0.1, -0.05) is 5.11 Å². The lowest BCUT2D eigenvalue weighted by molar-refractivity contribution is 0.165. The molecule has 1 N–H and O–H groups in total. The summed E-state index contributed by atoms with van der Waals surface area (Å²) in [6, 6.07) is 5.25. The lowest BCUT2D eigenvalue weighted by Gasteiger charge is -2.05. The van der Waals surface area contributed by atoms with Crippen molar-refractivity contribution in [3.63, 3.8) is 0 Å². The molecule has 0 atom stereocenters. The van der Waals surface area contributed by atoms with E-state index in [1.807, 2.05) is 0 Å². The molecule has 0 aliphatic carbocycles. The second-order valence-corrected chi connectivity index (χ2v) is 2.72. The summed E-state index contributed by atoms with van der Waals surface area (Å²) in [5, 5.41) is 5.57. The number of nitrogens with one attached hydrogen (secondary N) is 1. The smallest absolute Gasteiger partial charge is 0.411 e. The van der Waals surface area contributed by atoms with Gasteiger partial charge < -0.3 is 4.74 Å². The Bertz CT molecular complexity index is 400. The quantitative estimate of drug-likeness (QED) is 0.369. The van der Waals surface area contributed by atoms with Gasteiger partial charge >= 0.3 is 6.09 Å². The van der Waals surface area contributed by atoms with Crippen LogP contribution >= 0.6 is 0 Å². The SMILES string of the molecule is [N-]=[N+]=NCCOC(=O)Nc1ccc(F)cc1. The van der Waals surface area contributed by atoms with Gasteiger partial charge in [-0.2, -0.15) is 0 Å². The second kappa shape index (κ2) is 6.26. The standard InChI is InChI=1S/C9H9FN4O2/c10-7-1-3-8(4-2-7)13-9(15)16-6-5-12-14-11/h1-4H,5-6H2,(H,13,15). The van der Waals surface area contributed by atoms with Gasteiger partial charge in [0, 0.05) is 10.6 Å². The van der Waals surface area contributed by atoms with E-state index in [1.165, 1.54) is 24.3 Å². The van der Waals surface area contributed by atoms with Crippen LogP contribution in [0.25, 0.3) is 10.4 Å². The Kier molecular flexibility index (Phi) is 4.62. The molecule has 1 aromatic rings. The van der Waals surface area contributed by atoms with Crippen molar-refractivity contribution in [3.8, 4) is 0 Å². The molecular weight excluding hydrogens is 215 g/mol. The van der Waals surface area contributed by atoms with Crippen LogP contribution in [0.2, 0.25) is 0 Å². The third-order valence-corrected chi connectivity index (χ3v) is 1.58. The highest BCUT2D eigenvalue weighted by Gasteiger charge is 2.01. The van der Waals surface area contributed by atoms with Crippen LogP contribution in [-0.4, -0.2) is 19.2 Å². The van der Waals surface area contributed by atoms with E-state index in [0.717, 1.165) is 0 Å². The number of anilines is 1. The van der Waals surface area contributed by atoms with Crippen LogP contribution in [-0.2, 0) is 4.74 Å². The van der Waals surface area contributed by atoms with Crippen LogP contribution in [0, 0.1) is 5.82 Å². The predicted octanol–water partition coefficient (Wildman–Crippen LogP) is 2.68. The summed E-state index contributed by atoms with van der Waals surface area (Å²) in [6.45, 7) is 0.0738. The first-order valence-corrected chi connectivity index (χ1v) is 4.42. The van der Waals surface area contributed by atoms with E-state index in [4.69, 9.17) is 5.53 Å². The Morgan fingerprint density at radius 2 is 2.19 bits per heavy atom. The van der Waals surface area contributed by atoms with Crippen molar-refractivity contribution in [3.05, 3.63) is 40.5 Å². The number of azide groups is 1. The Hall–Kier alpha value is -2.27. The number of ether oxygens (including phenoxy) is 1. The fraction of sp³-hybridized carbons (Fsp3) is 0.222. The normalized spacial score (nSPS) is 9.06. The van der Waals surface area contributed by atoms with Crippen molar-refractivity contribution in [2.24, 2.45) is 5.11 Å². The molecule has 0 bridgehead atoms. The van der Waals surface area contributed by atoms with E-state index in [0.29, 0.717) is 5.69 Å². The van der Waals surface area contributed by atoms with Gasteiger partial charge in [-0.15, -0.1) is 0 Å². The molecule has 1 aromatic carbocycles. The van der Waals surface area contributed by atoms with Gasteiger partial charge in [-0.3, -0.25) is 5.32 Å². The molecule has 0 saturated heterocycles. The van der Waals surface area contributed by atoms with Crippen molar-refractivity contribution >= 4 is 11.8 Å². The maximum Gasteiger partial charge on any atom is 0.411 e. The first kappa shape index (κ1) is 11.8. The summed E-state index contributed by atoms with van der Waals surface area (Å²) in [5.41, 5.74) is 8.39. The zero-order valence-corrected chi connectivity index (χ0v) is 8.26.